The molecule has 2 rings (SSSR count). The summed E-state index contributed by atoms with van der Waals surface area (Å²) in [5.41, 5.74) is 1.29. The van der Waals surface area contributed by atoms with Crippen LogP contribution in [0.15, 0.2) is 47.3 Å². The van der Waals surface area contributed by atoms with Crippen molar-refractivity contribution < 1.29 is 18.7 Å². The third kappa shape index (κ3) is 6.33. The third-order valence-corrected chi connectivity index (χ3v) is 3.59. The Balaban J connectivity index is 1.78. The number of hydrogen-bond donors (Lipinski definition) is 2. The van der Waals surface area contributed by atoms with Crippen molar-refractivity contribution in [3.8, 4) is 5.75 Å². The van der Waals surface area contributed by atoms with Gasteiger partial charge in [0.1, 0.15) is 12.0 Å². The molecule has 1 heterocycles. The Morgan fingerprint density at radius 2 is 1.96 bits per heavy atom. The zero-order valence-corrected chi connectivity index (χ0v) is 14.6. The van der Waals surface area contributed by atoms with E-state index >= 15 is 0 Å². The molecule has 0 radical (unpaired) electrons. The van der Waals surface area contributed by atoms with Crippen molar-refractivity contribution in [2.45, 2.75) is 26.8 Å². The average Bonchev–Trinajstić information content (AvgIpc) is 3.13. The lowest BCUT2D eigenvalue weighted by Gasteiger charge is -2.13. The van der Waals surface area contributed by atoms with E-state index < -0.39 is 0 Å². The van der Waals surface area contributed by atoms with Crippen LogP contribution in [0.5, 0.6) is 5.75 Å². The number of nitrogens with one attached hydrogen (secondary N) is 2. The first-order valence-electron chi connectivity index (χ1n) is 8.34. The summed E-state index contributed by atoms with van der Waals surface area (Å²) in [5.74, 6) is 0.728. The summed E-state index contributed by atoms with van der Waals surface area (Å²) in [7, 11) is 0. The minimum Gasteiger partial charge on any atom is -0.493 e. The first-order chi connectivity index (χ1) is 12.1. The summed E-state index contributed by atoms with van der Waals surface area (Å²) in [4.78, 5) is 23.7. The number of rotatable bonds is 9. The third-order valence-electron chi connectivity index (χ3n) is 3.59. The standard InChI is InChI=1S/C19H24N2O4/c1-14(2)7-10-25-17-6-4-3-5-15(17)11-20-18(22)12-21-19(23)16-8-9-24-13-16/h3-6,8-9,13-14H,7,10-12H2,1-2H3,(H,20,22)(H,21,23). The molecular formula is C19H24N2O4. The molecule has 2 N–H and O–H groups in total. The van der Waals surface area contributed by atoms with Crippen LogP contribution in [0.3, 0.4) is 0 Å². The lowest BCUT2D eigenvalue weighted by atomic mass is 10.1. The second kappa shape index (κ2) is 9.52. The lowest BCUT2D eigenvalue weighted by Crippen LogP contribution is -2.36. The van der Waals surface area contributed by atoms with Crippen molar-refractivity contribution >= 4 is 11.8 Å². The summed E-state index contributed by atoms with van der Waals surface area (Å²) in [6, 6.07) is 9.15. The number of hydrogen-bond acceptors (Lipinski definition) is 4. The van der Waals surface area contributed by atoms with Crippen LogP contribution in [0, 0.1) is 5.92 Å². The van der Waals surface area contributed by atoms with Gasteiger partial charge in [0.05, 0.1) is 25.0 Å². The van der Waals surface area contributed by atoms with E-state index in [1.165, 1.54) is 18.6 Å². The molecule has 0 atom stereocenters. The predicted molar refractivity (Wildman–Crippen MR) is 94.3 cm³/mol. The molecule has 0 aliphatic heterocycles. The number of furan rings is 1. The van der Waals surface area contributed by atoms with Crippen molar-refractivity contribution in [2.24, 2.45) is 5.92 Å². The SMILES string of the molecule is CC(C)CCOc1ccccc1CNC(=O)CNC(=O)c1ccoc1. The molecule has 0 aliphatic rings. The lowest BCUT2D eigenvalue weighted by molar-refractivity contribution is -0.120. The highest BCUT2D eigenvalue weighted by atomic mass is 16.5. The highest BCUT2D eigenvalue weighted by Crippen LogP contribution is 2.18. The van der Waals surface area contributed by atoms with Gasteiger partial charge in [-0.15, -0.1) is 0 Å². The van der Waals surface area contributed by atoms with Crippen LogP contribution in [0.1, 0.15) is 36.2 Å². The second-order valence-electron chi connectivity index (χ2n) is 6.11. The van der Waals surface area contributed by atoms with Crippen LogP contribution in [-0.4, -0.2) is 25.0 Å². The second-order valence-corrected chi connectivity index (χ2v) is 6.11. The number of carbonyl (C=O) groups is 2. The van der Waals surface area contributed by atoms with Gasteiger partial charge >= 0.3 is 0 Å². The van der Waals surface area contributed by atoms with E-state index in [1.54, 1.807) is 0 Å². The zero-order valence-electron chi connectivity index (χ0n) is 14.6. The van der Waals surface area contributed by atoms with Gasteiger partial charge in [0.2, 0.25) is 5.91 Å². The van der Waals surface area contributed by atoms with Gasteiger partial charge in [-0.3, -0.25) is 9.59 Å². The van der Waals surface area contributed by atoms with Crippen LogP contribution in [-0.2, 0) is 11.3 Å². The molecule has 0 spiro atoms. The Morgan fingerprint density at radius 1 is 1.16 bits per heavy atom. The van der Waals surface area contributed by atoms with Crippen molar-refractivity contribution in [1.29, 1.82) is 0 Å². The Labute approximate surface area is 147 Å². The molecule has 0 bridgehead atoms. The first-order valence-corrected chi connectivity index (χ1v) is 8.34. The molecule has 1 aromatic heterocycles. The number of ether oxygens (including phenoxy) is 1. The molecule has 2 amide bonds. The normalized spacial score (nSPS) is 10.5. The maximum atomic E-state index is 11.9. The average molecular weight is 344 g/mol. The topological polar surface area (TPSA) is 80.6 Å². The summed E-state index contributed by atoms with van der Waals surface area (Å²) >= 11 is 0. The van der Waals surface area contributed by atoms with Crippen molar-refractivity contribution in [3.63, 3.8) is 0 Å². The van der Waals surface area contributed by atoms with Gasteiger partial charge in [0.15, 0.2) is 0 Å². The summed E-state index contributed by atoms with van der Waals surface area (Å²) < 4.78 is 10.6. The number of carbonyl (C=O) groups excluding carboxylic acids is 2. The van der Waals surface area contributed by atoms with E-state index in [0.717, 1.165) is 17.7 Å². The molecule has 0 unspecified atom stereocenters. The van der Waals surface area contributed by atoms with E-state index in [2.05, 4.69) is 24.5 Å². The van der Waals surface area contributed by atoms with Gasteiger partial charge in [-0.2, -0.15) is 0 Å². The van der Waals surface area contributed by atoms with Crippen LogP contribution in [0.4, 0.5) is 0 Å². The zero-order chi connectivity index (χ0) is 18.1. The fourth-order valence-corrected chi connectivity index (χ4v) is 2.11. The van der Waals surface area contributed by atoms with Gasteiger partial charge in [-0.25, -0.2) is 0 Å². The van der Waals surface area contributed by atoms with E-state index in [9.17, 15) is 9.59 Å². The smallest absolute Gasteiger partial charge is 0.254 e. The Morgan fingerprint density at radius 3 is 2.68 bits per heavy atom. The first kappa shape index (κ1) is 18.6. The Bertz CT molecular complexity index is 680. The number of para-hydroxylation sites is 1. The molecule has 134 valence electrons. The van der Waals surface area contributed by atoms with Crippen molar-refractivity contribution in [3.05, 3.63) is 54.0 Å². The highest BCUT2D eigenvalue weighted by Gasteiger charge is 2.10. The Hall–Kier alpha value is -2.76. The van der Waals surface area contributed by atoms with Gasteiger partial charge < -0.3 is 19.8 Å². The summed E-state index contributed by atoms with van der Waals surface area (Å²) in [5, 5.41) is 5.32. The summed E-state index contributed by atoms with van der Waals surface area (Å²) in [6.45, 7) is 5.18. The van der Waals surface area contributed by atoms with E-state index in [-0.39, 0.29) is 18.4 Å². The van der Waals surface area contributed by atoms with E-state index in [1.807, 2.05) is 24.3 Å². The minimum atomic E-state index is -0.346. The summed E-state index contributed by atoms with van der Waals surface area (Å²) in [6.07, 6.45) is 3.71. The quantitative estimate of drug-likeness (QED) is 0.733. The van der Waals surface area contributed by atoms with Crippen LogP contribution in [0.25, 0.3) is 0 Å². The fourth-order valence-electron chi connectivity index (χ4n) is 2.11. The molecular weight excluding hydrogens is 320 g/mol. The minimum absolute atomic E-state index is 0.0968. The fraction of sp³-hybridized carbons (Fsp3) is 0.368. The van der Waals surface area contributed by atoms with Crippen molar-refractivity contribution in [2.75, 3.05) is 13.2 Å². The Kier molecular flexibility index (Phi) is 7.07. The van der Waals surface area contributed by atoms with E-state index in [4.69, 9.17) is 9.15 Å². The van der Waals surface area contributed by atoms with Crippen LogP contribution in [0.2, 0.25) is 0 Å². The predicted octanol–water partition coefficient (Wildman–Crippen LogP) is 2.75. The van der Waals surface area contributed by atoms with Gasteiger partial charge in [0.25, 0.3) is 5.91 Å². The largest absolute Gasteiger partial charge is 0.493 e. The molecule has 25 heavy (non-hydrogen) atoms. The molecule has 0 fully saturated rings. The highest BCUT2D eigenvalue weighted by molar-refractivity contribution is 5.96. The molecule has 1 aromatic carbocycles. The van der Waals surface area contributed by atoms with Gasteiger partial charge in [-0.05, 0) is 24.5 Å². The van der Waals surface area contributed by atoms with Crippen LogP contribution < -0.4 is 15.4 Å². The monoisotopic (exact) mass is 344 g/mol. The molecule has 6 nitrogen and oxygen atoms in total. The molecule has 6 heteroatoms. The maximum Gasteiger partial charge on any atom is 0.254 e. The maximum absolute atomic E-state index is 11.9. The molecule has 0 aliphatic carbocycles. The van der Waals surface area contributed by atoms with Crippen LogP contribution >= 0.6 is 0 Å². The molecule has 0 saturated carbocycles. The molecule has 0 saturated heterocycles. The van der Waals surface area contributed by atoms with E-state index in [0.29, 0.717) is 24.6 Å². The van der Waals surface area contributed by atoms with Gasteiger partial charge in [-0.1, -0.05) is 32.0 Å². The number of amides is 2. The molecule has 2 aromatic rings. The number of benzene rings is 1. The van der Waals surface area contributed by atoms with Gasteiger partial charge in [0, 0.05) is 12.1 Å². The van der Waals surface area contributed by atoms with Crippen molar-refractivity contribution in [1.82, 2.24) is 10.6 Å².